The van der Waals surface area contributed by atoms with Crippen LogP contribution in [-0.4, -0.2) is 32.8 Å². The highest BCUT2D eigenvalue weighted by Gasteiger charge is 2.76. The van der Waals surface area contributed by atoms with Crippen molar-refractivity contribution in [2.45, 2.75) is 76.0 Å². The molecule has 7 atom stereocenters. The fraction of sp³-hybridized carbons (Fsp3) is 0.615. The number of halogens is 1. The molecule has 1 aromatic carbocycles. The molecule has 2 aliphatic heterocycles. The lowest BCUT2D eigenvalue weighted by molar-refractivity contribution is -0.127. The fourth-order valence-electron chi connectivity index (χ4n) is 8.30. The van der Waals surface area contributed by atoms with E-state index in [-0.39, 0.29) is 28.5 Å². The van der Waals surface area contributed by atoms with Gasteiger partial charge in [0.05, 0.1) is 11.9 Å². The minimum atomic E-state index is -0.233. The average molecular weight is 436 g/mol. The minimum Gasteiger partial charge on any atom is -0.364 e. The van der Waals surface area contributed by atoms with E-state index in [0.29, 0.717) is 30.0 Å². The Kier molecular flexibility index (Phi) is 3.62. The number of rotatable bonds is 1. The molecule has 7 rings (SSSR count). The van der Waals surface area contributed by atoms with Crippen molar-refractivity contribution in [2.24, 2.45) is 23.2 Å². The standard InChI is InChI=1S/C26H30FN3O2/c1-24-10-9-21(31)22-26(24,32-22)12-7-18-19(24)8-11-25(2)20(18)13-15-14-28-30(23(15)29-25)17-5-3-16(27)4-6-17/h3-6,14,18-20,22,29H,7-13H2,1-2H3/t18-,19?,20?,22?,24-,25+,26+/m1/s1. The number of ether oxygens (including phenoxy) is 1. The van der Waals surface area contributed by atoms with Crippen molar-refractivity contribution in [1.29, 1.82) is 0 Å². The van der Waals surface area contributed by atoms with Gasteiger partial charge in [0.25, 0.3) is 0 Å². The fourth-order valence-corrected chi connectivity index (χ4v) is 8.30. The number of nitrogens with zero attached hydrogens (tertiary/aromatic N) is 2. The molecule has 1 spiro atoms. The first-order valence-corrected chi connectivity index (χ1v) is 12.2. The second-order valence-corrected chi connectivity index (χ2v) is 11.4. The zero-order valence-corrected chi connectivity index (χ0v) is 18.7. The summed E-state index contributed by atoms with van der Waals surface area (Å²) < 4.78 is 21.6. The number of hydrogen-bond donors (Lipinski definition) is 1. The van der Waals surface area contributed by atoms with Gasteiger partial charge in [0, 0.05) is 22.9 Å². The second-order valence-electron chi connectivity index (χ2n) is 11.4. The molecule has 1 aromatic heterocycles. The van der Waals surface area contributed by atoms with Crippen molar-refractivity contribution in [1.82, 2.24) is 9.78 Å². The van der Waals surface area contributed by atoms with E-state index in [0.717, 1.165) is 43.6 Å². The van der Waals surface area contributed by atoms with Crippen molar-refractivity contribution in [3.63, 3.8) is 0 Å². The summed E-state index contributed by atoms with van der Waals surface area (Å²) in [5.41, 5.74) is 2.10. The molecule has 1 saturated heterocycles. The van der Waals surface area contributed by atoms with Crippen molar-refractivity contribution < 1.29 is 13.9 Å². The molecule has 5 nitrogen and oxygen atoms in total. The first-order valence-electron chi connectivity index (χ1n) is 12.2. The third-order valence-corrected chi connectivity index (χ3v) is 10.1. The summed E-state index contributed by atoms with van der Waals surface area (Å²) in [4.78, 5) is 12.4. The molecule has 0 amide bonds. The minimum absolute atomic E-state index is 0.0150. The van der Waals surface area contributed by atoms with E-state index in [2.05, 4.69) is 24.3 Å². The van der Waals surface area contributed by atoms with Crippen LogP contribution in [0.1, 0.15) is 57.9 Å². The Bertz CT molecular complexity index is 1130. The van der Waals surface area contributed by atoms with E-state index in [9.17, 15) is 9.18 Å². The third kappa shape index (κ3) is 2.27. The molecule has 3 heterocycles. The monoisotopic (exact) mass is 435 g/mol. The van der Waals surface area contributed by atoms with Gasteiger partial charge in [0.1, 0.15) is 23.3 Å². The van der Waals surface area contributed by atoms with E-state index in [1.807, 2.05) is 10.9 Å². The zero-order valence-electron chi connectivity index (χ0n) is 18.7. The Morgan fingerprint density at radius 3 is 2.75 bits per heavy atom. The number of fused-ring (bicyclic) bond motifs is 5. The van der Waals surface area contributed by atoms with Gasteiger partial charge in [-0.15, -0.1) is 0 Å². The molecule has 0 radical (unpaired) electrons. The predicted molar refractivity (Wildman–Crippen MR) is 118 cm³/mol. The molecule has 3 aliphatic carbocycles. The van der Waals surface area contributed by atoms with Crippen LogP contribution in [0, 0.1) is 29.0 Å². The van der Waals surface area contributed by atoms with Crippen molar-refractivity contribution in [2.75, 3.05) is 5.32 Å². The normalized spacial score (nSPS) is 43.8. The highest BCUT2D eigenvalue weighted by molar-refractivity contribution is 5.88. The van der Waals surface area contributed by atoms with E-state index >= 15 is 0 Å². The maximum Gasteiger partial charge on any atom is 0.164 e. The highest BCUT2D eigenvalue weighted by atomic mass is 19.1. The molecule has 6 heteroatoms. The number of benzene rings is 1. The number of epoxide rings is 1. The van der Waals surface area contributed by atoms with Crippen LogP contribution in [0.25, 0.3) is 5.69 Å². The van der Waals surface area contributed by atoms with Crippen LogP contribution in [0.4, 0.5) is 10.2 Å². The van der Waals surface area contributed by atoms with Gasteiger partial charge in [-0.1, -0.05) is 6.92 Å². The van der Waals surface area contributed by atoms with Gasteiger partial charge in [0.2, 0.25) is 0 Å². The van der Waals surface area contributed by atoms with Crippen LogP contribution < -0.4 is 5.32 Å². The summed E-state index contributed by atoms with van der Waals surface area (Å²) in [5, 5.41) is 8.57. The Hall–Kier alpha value is -2.21. The van der Waals surface area contributed by atoms with Crippen molar-refractivity contribution in [3.05, 3.63) is 41.8 Å². The molecule has 0 bridgehead atoms. The summed E-state index contributed by atoms with van der Waals surface area (Å²) in [6.45, 7) is 4.81. The summed E-state index contributed by atoms with van der Waals surface area (Å²) in [6, 6.07) is 6.55. The number of ketones is 1. The largest absolute Gasteiger partial charge is 0.364 e. The molecular weight excluding hydrogens is 405 g/mol. The van der Waals surface area contributed by atoms with Gasteiger partial charge >= 0.3 is 0 Å². The first kappa shape index (κ1) is 19.3. The van der Waals surface area contributed by atoms with Gasteiger partial charge in [-0.2, -0.15) is 5.10 Å². The number of aromatic nitrogens is 2. The van der Waals surface area contributed by atoms with E-state index in [1.54, 1.807) is 12.1 Å². The van der Waals surface area contributed by atoms with Crippen LogP contribution in [0.15, 0.2) is 30.5 Å². The van der Waals surface area contributed by atoms with Crippen LogP contribution >= 0.6 is 0 Å². The van der Waals surface area contributed by atoms with Gasteiger partial charge in [0.15, 0.2) is 5.78 Å². The van der Waals surface area contributed by atoms with Crippen LogP contribution in [0.3, 0.4) is 0 Å². The molecule has 1 N–H and O–H groups in total. The SMILES string of the molecule is C[C@]12CCC3[C@@H](CC[C@]45OC4C(=O)CC[C@]35C)C1Cc1cnn(-c3ccc(F)cc3)c1N2. The van der Waals surface area contributed by atoms with Crippen molar-refractivity contribution in [3.8, 4) is 5.69 Å². The Morgan fingerprint density at radius 1 is 1.12 bits per heavy atom. The highest BCUT2D eigenvalue weighted by Crippen LogP contribution is 2.70. The molecule has 168 valence electrons. The number of carbonyl (C=O) groups is 1. The molecule has 32 heavy (non-hydrogen) atoms. The quantitative estimate of drug-likeness (QED) is 0.661. The number of carbonyl (C=O) groups excluding carboxylic acids is 1. The smallest absolute Gasteiger partial charge is 0.164 e. The maximum atomic E-state index is 13.4. The number of anilines is 1. The number of hydrogen-bond acceptors (Lipinski definition) is 4. The lowest BCUT2D eigenvalue weighted by Crippen LogP contribution is -2.62. The molecule has 2 aromatic rings. The molecule has 4 fully saturated rings. The van der Waals surface area contributed by atoms with Crippen LogP contribution in [-0.2, 0) is 16.0 Å². The van der Waals surface area contributed by atoms with Gasteiger partial charge in [-0.25, -0.2) is 9.07 Å². The molecule has 3 unspecified atom stereocenters. The van der Waals surface area contributed by atoms with Crippen LogP contribution in [0.2, 0.25) is 0 Å². The molecule has 5 aliphatic rings. The van der Waals surface area contributed by atoms with Crippen LogP contribution in [0.5, 0.6) is 0 Å². The first-order chi connectivity index (χ1) is 15.3. The summed E-state index contributed by atoms with van der Waals surface area (Å²) in [6.07, 6.45) is 9.00. The van der Waals surface area contributed by atoms with Gasteiger partial charge < -0.3 is 10.1 Å². The lowest BCUT2D eigenvalue weighted by atomic mass is 9.45. The summed E-state index contributed by atoms with van der Waals surface area (Å²) >= 11 is 0. The van der Waals surface area contributed by atoms with E-state index < -0.39 is 0 Å². The second kappa shape index (κ2) is 6.02. The maximum absolute atomic E-state index is 13.4. The summed E-state index contributed by atoms with van der Waals surface area (Å²) in [7, 11) is 0. The van der Waals surface area contributed by atoms with Crippen molar-refractivity contribution >= 4 is 11.6 Å². The molecule has 3 saturated carbocycles. The molecular formula is C26H30FN3O2. The average Bonchev–Trinajstić information content (AvgIpc) is 3.41. The zero-order chi connectivity index (χ0) is 21.9. The van der Waals surface area contributed by atoms with E-state index in [1.165, 1.54) is 24.1 Å². The summed E-state index contributed by atoms with van der Waals surface area (Å²) in [5.74, 6) is 2.95. The Morgan fingerprint density at radius 2 is 1.94 bits per heavy atom. The Labute approximate surface area is 187 Å². The third-order valence-electron chi connectivity index (χ3n) is 10.1. The number of nitrogens with one attached hydrogen (secondary N) is 1. The topological polar surface area (TPSA) is 59.5 Å². The number of Topliss-reactive ketones (excluding diaryl/α,β-unsaturated/α-hetero) is 1. The Balaban J connectivity index is 1.23. The predicted octanol–water partition coefficient (Wildman–Crippen LogP) is 4.68. The lowest BCUT2D eigenvalue weighted by Gasteiger charge is -2.61. The van der Waals surface area contributed by atoms with Gasteiger partial charge in [-0.3, -0.25) is 4.79 Å². The van der Waals surface area contributed by atoms with E-state index in [4.69, 9.17) is 4.74 Å². The van der Waals surface area contributed by atoms with Gasteiger partial charge in [-0.05, 0) is 87.5 Å².